The Balaban J connectivity index is 1.29. The van der Waals surface area contributed by atoms with Gasteiger partial charge < -0.3 is 4.57 Å². The summed E-state index contributed by atoms with van der Waals surface area (Å²) in [5, 5.41) is 30.7. The highest BCUT2D eigenvalue weighted by Gasteiger charge is 2.15. The van der Waals surface area contributed by atoms with Gasteiger partial charge in [-0.15, -0.1) is 20.4 Å². The van der Waals surface area contributed by atoms with E-state index in [0.29, 0.717) is 31.8 Å². The minimum atomic E-state index is -0.467. The molecule has 0 fully saturated rings. The maximum atomic E-state index is 13.0. The number of non-ortho nitro benzene ring substituents is 1. The molecule has 1 N–H and O–H groups in total. The van der Waals surface area contributed by atoms with E-state index in [0.717, 1.165) is 5.56 Å². The smallest absolute Gasteiger partial charge is 0.269 e. The molecule has 0 aliphatic carbocycles. The van der Waals surface area contributed by atoms with Crippen LogP contribution in [0.5, 0.6) is 0 Å². The fourth-order valence-corrected chi connectivity index (χ4v) is 5.19. The summed E-state index contributed by atoms with van der Waals surface area (Å²) >= 11 is 3.91. The molecule has 0 radical (unpaired) electrons. The van der Waals surface area contributed by atoms with E-state index < -0.39 is 4.92 Å². The number of amides is 1. The van der Waals surface area contributed by atoms with Crippen LogP contribution in [0.4, 0.5) is 15.2 Å². The van der Waals surface area contributed by atoms with Crippen molar-refractivity contribution in [3.05, 3.63) is 70.0 Å². The van der Waals surface area contributed by atoms with E-state index in [2.05, 4.69) is 25.7 Å². The number of carbonyl (C=O) groups is 1. The van der Waals surface area contributed by atoms with Gasteiger partial charge >= 0.3 is 0 Å². The average Bonchev–Trinajstić information content (AvgIpc) is 3.43. The summed E-state index contributed by atoms with van der Waals surface area (Å²) in [5.41, 5.74) is 1.63. The fraction of sp³-hybridized carbons (Fsp3) is 0.150. The molecule has 0 aliphatic rings. The number of thioether (sulfide) groups is 2. The second-order valence-corrected chi connectivity index (χ2v) is 9.94. The van der Waals surface area contributed by atoms with Crippen LogP contribution in [0.15, 0.2) is 58.0 Å². The van der Waals surface area contributed by atoms with Gasteiger partial charge in [-0.05, 0) is 29.8 Å². The molecule has 0 saturated heterocycles. The summed E-state index contributed by atoms with van der Waals surface area (Å²) in [7, 11) is 1.76. The summed E-state index contributed by atoms with van der Waals surface area (Å²) in [6.45, 7) is 0. The maximum absolute atomic E-state index is 13.0. The number of rotatable bonds is 9. The molecule has 0 atom stereocenters. The molecule has 2 aromatic carbocycles. The Labute approximate surface area is 205 Å². The molecule has 34 heavy (non-hydrogen) atoms. The molecule has 1 amide bonds. The van der Waals surface area contributed by atoms with Crippen molar-refractivity contribution in [2.24, 2.45) is 7.05 Å². The Morgan fingerprint density at radius 3 is 2.53 bits per heavy atom. The van der Waals surface area contributed by atoms with Crippen LogP contribution in [0, 0.1) is 15.9 Å². The van der Waals surface area contributed by atoms with Gasteiger partial charge in [-0.1, -0.05) is 47.0 Å². The zero-order valence-electron chi connectivity index (χ0n) is 17.5. The lowest BCUT2D eigenvalue weighted by atomic mass is 10.2. The molecule has 2 aromatic heterocycles. The van der Waals surface area contributed by atoms with Crippen molar-refractivity contribution in [3.8, 4) is 11.4 Å². The number of hydrogen-bond acceptors (Lipinski definition) is 10. The van der Waals surface area contributed by atoms with E-state index in [1.807, 2.05) is 0 Å². The number of nitrogens with one attached hydrogen (secondary N) is 1. The van der Waals surface area contributed by atoms with Gasteiger partial charge in [0, 0.05) is 30.5 Å². The highest BCUT2D eigenvalue weighted by Crippen LogP contribution is 2.29. The van der Waals surface area contributed by atoms with E-state index in [4.69, 9.17) is 0 Å². The zero-order chi connectivity index (χ0) is 24.1. The van der Waals surface area contributed by atoms with Crippen molar-refractivity contribution in [3.63, 3.8) is 0 Å². The maximum Gasteiger partial charge on any atom is 0.269 e. The predicted molar refractivity (Wildman–Crippen MR) is 128 cm³/mol. The van der Waals surface area contributed by atoms with E-state index in [1.165, 1.54) is 59.1 Å². The minimum absolute atomic E-state index is 0.00845. The van der Waals surface area contributed by atoms with Crippen LogP contribution >= 0.6 is 34.9 Å². The van der Waals surface area contributed by atoms with Crippen LogP contribution in [-0.2, 0) is 17.6 Å². The van der Waals surface area contributed by atoms with Crippen molar-refractivity contribution < 1.29 is 14.1 Å². The normalized spacial score (nSPS) is 10.9. The number of carbonyl (C=O) groups excluding carboxylic acids is 1. The zero-order valence-corrected chi connectivity index (χ0v) is 20.0. The molecular formula is C20H16FN7O3S3. The Bertz CT molecular complexity index is 1310. The number of nitro groups is 1. The number of aromatic nitrogens is 5. The van der Waals surface area contributed by atoms with Gasteiger partial charge in [-0.25, -0.2) is 4.39 Å². The summed E-state index contributed by atoms with van der Waals surface area (Å²) in [5.74, 6) is 0.684. The Hall–Kier alpha value is -3.36. The molecule has 0 saturated carbocycles. The number of benzene rings is 2. The number of nitro benzene ring substituents is 1. The fourth-order valence-electron chi connectivity index (χ4n) is 2.75. The highest BCUT2D eigenvalue weighted by molar-refractivity contribution is 8.00. The molecule has 0 bridgehead atoms. The van der Waals surface area contributed by atoms with Crippen LogP contribution in [-0.4, -0.2) is 41.5 Å². The number of hydrogen-bond donors (Lipinski definition) is 1. The monoisotopic (exact) mass is 517 g/mol. The number of halogens is 1. The molecule has 0 spiro atoms. The third-order valence-electron chi connectivity index (χ3n) is 4.43. The van der Waals surface area contributed by atoms with E-state index in [9.17, 15) is 19.3 Å². The molecule has 0 aliphatic heterocycles. The van der Waals surface area contributed by atoms with Gasteiger partial charge in [0.2, 0.25) is 11.0 Å². The second-order valence-electron chi connectivity index (χ2n) is 6.79. The molecule has 0 unspecified atom stereocenters. The Morgan fingerprint density at radius 1 is 1.09 bits per heavy atom. The number of anilines is 1. The summed E-state index contributed by atoms with van der Waals surface area (Å²) < 4.78 is 15.4. The van der Waals surface area contributed by atoms with Gasteiger partial charge in [0.1, 0.15) is 5.82 Å². The van der Waals surface area contributed by atoms with Gasteiger partial charge in [0.15, 0.2) is 15.3 Å². The van der Waals surface area contributed by atoms with Crippen LogP contribution in [0.3, 0.4) is 0 Å². The topological polar surface area (TPSA) is 129 Å². The first-order valence-corrected chi connectivity index (χ1v) is 12.5. The van der Waals surface area contributed by atoms with Crippen molar-refractivity contribution in [1.82, 2.24) is 25.0 Å². The summed E-state index contributed by atoms with van der Waals surface area (Å²) in [6, 6.07) is 12.2. The summed E-state index contributed by atoms with van der Waals surface area (Å²) in [4.78, 5) is 22.7. The lowest BCUT2D eigenvalue weighted by Crippen LogP contribution is -2.14. The number of nitrogens with zero attached hydrogens (tertiary/aromatic N) is 6. The molecule has 10 nitrogen and oxygen atoms in total. The van der Waals surface area contributed by atoms with Gasteiger partial charge in [-0.3, -0.25) is 20.2 Å². The minimum Gasteiger partial charge on any atom is -0.305 e. The van der Waals surface area contributed by atoms with Crippen molar-refractivity contribution >= 4 is 51.6 Å². The Kier molecular flexibility index (Phi) is 7.49. The van der Waals surface area contributed by atoms with Gasteiger partial charge in [0.25, 0.3) is 5.69 Å². The van der Waals surface area contributed by atoms with Gasteiger partial charge in [0.05, 0.1) is 10.7 Å². The summed E-state index contributed by atoms with van der Waals surface area (Å²) in [6.07, 6.45) is 0. The molecule has 2 heterocycles. The van der Waals surface area contributed by atoms with Crippen molar-refractivity contribution in [2.45, 2.75) is 15.2 Å². The van der Waals surface area contributed by atoms with E-state index in [-0.39, 0.29) is 23.2 Å². The molecular weight excluding hydrogens is 501 g/mol. The van der Waals surface area contributed by atoms with Crippen LogP contribution < -0.4 is 5.32 Å². The highest BCUT2D eigenvalue weighted by atomic mass is 32.2. The van der Waals surface area contributed by atoms with Gasteiger partial charge in [-0.2, -0.15) is 0 Å². The third kappa shape index (κ3) is 5.95. The van der Waals surface area contributed by atoms with E-state index in [1.54, 1.807) is 35.9 Å². The van der Waals surface area contributed by atoms with E-state index >= 15 is 0 Å². The quantitative estimate of drug-likeness (QED) is 0.149. The molecule has 4 aromatic rings. The third-order valence-corrected chi connectivity index (χ3v) is 7.50. The lowest BCUT2D eigenvalue weighted by molar-refractivity contribution is -0.384. The first-order valence-electron chi connectivity index (χ1n) is 9.66. The standard InChI is InChI=1S/C20H16FN7O3S3/c1-27-17(13-4-8-15(9-5-13)28(30)31)23-25-19(27)32-11-16(29)22-18-24-26-20(34-18)33-10-12-2-6-14(21)7-3-12/h2-9H,10-11H2,1H3,(H,22,24,29). The van der Waals surface area contributed by atoms with Crippen LogP contribution in [0.25, 0.3) is 11.4 Å². The first kappa shape index (κ1) is 23.8. The lowest BCUT2D eigenvalue weighted by Gasteiger charge is -2.04. The van der Waals surface area contributed by atoms with Crippen LogP contribution in [0.2, 0.25) is 0 Å². The average molecular weight is 518 g/mol. The molecule has 174 valence electrons. The largest absolute Gasteiger partial charge is 0.305 e. The SMILES string of the molecule is Cn1c(SCC(=O)Nc2nnc(SCc3ccc(F)cc3)s2)nnc1-c1ccc([N+](=O)[O-])cc1. The van der Waals surface area contributed by atoms with Crippen molar-refractivity contribution in [1.29, 1.82) is 0 Å². The second kappa shape index (κ2) is 10.7. The van der Waals surface area contributed by atoms with Crippen molar-refractivity contribution in [2.75, 3.05) is 11.1 Å². The molecule has 4 rings (SSSR count). The first-order chi connectivity index (χ1) is 16.4. The predicted octanol–water partition coefficient (Wildman–Crippen LogP) is 4.40. The Morgan fingerprint density at radius 2 is 1.82 bits per heavy atom. The molecule has 14 heteroatoms. The van der Waals surface area contributed by atoms with Crippen LogP contribution in [0.1, 0.15) is 5.56 Å².